The van der Waals surface area contributed by atoms with E-state index in [2.05, 4.69) is 0 Å². The molecule has 0 saturated heterocycles. The summed E-state index contributed by atoms with van der Waals surface area (Å²) in [7, 11) is 1.29. The predicted molar refractivity (Wildman–Crippen MR) is 84.0 cm³/mol. The molecular weight excluding hydrogens is 408 g/mol. The number of halogens is 8. The van der Waals surface area contributed by atoms with Crippen LogP contribution in [0.5, 0.6) is 0 Å². The first-order valence-corrected chi connectivity index (χ1v) is 9.14. The van der Waals surface area contributed by atoms with Crippen molar-refractivity contribution in [2.75, 3.05) is 0 Å². The van der Waals surface area contributed by atoms with Crippen molar-refractivity contribution in [3.63, 3.8) is 0 Å². The first-order valence-electron chi connectivity index (χ1n) is 6.99. The van der Waals surface area contributed by atoms with Gasteiger partial charge in [-0.15, -0.1) is 0 Å². The fourth-order valence-corrected chi connectivity index (χ4v) is 4.53. The Balaban J connectivity index is 2.28. The third-order valence-corrected chi connectivity index (χ3v) is 5.66. The van der Waals surface area contributed by atoms with Crippen LogP contribution in [0, 0.1) is 11.6 Å². The number of alkyl halides is 6. The van der Waals surface area contributed by atoms with Gasteiger partial charge in [0.05, 0.1) is 12.8 Å². The lowest BCUT2D eigenvalue weighted by Crippen LogP contribution is -2.14. The summed E-state index contributed by atoms with van der Waals surface area (Å²) in [6.45, 7) is 0. The molecule has 0 unspecified atom stereocenters. The van der Waals surface area contributed by atoms with Crippen molar-refractivity contribution in [1.82, 2.24) is 0 Å². The number of benzene rings is 2. The highest BCUT2D eigenvalue weighted by molar-refractivity contribution is 8.76. The Kier molecular flexibility index (Phi) is 6.49. The lowest BCUT2D eigenvalue weighted by molar-refractivity contribution is -0.129. The summed E-state index contributed by atoms with van der Waals surface area (Å²) in [6, 6.07) is 6.58. The van der Waals surface area contributed by atoms with Gasteiger partial charge in [-0.05, 0) is 24.3 Å². The minimum absolute atomic E-state index is 0.0884. The van der Waals surface area contributed by atoms with E-state index in [1.807, 2.05) is 0 Å². The second-order valence-corrected chi connectivity index (χ2v) is 7.40. The van der Waals surface area contributed by atoms with Gasteiger partial charge in [0.2, 0.25) is 0 Å². The van der Waals surface area contributed by atoms with Crippen LogP contribution in [-0.2, 0) is 12.8 Å². The third-order valence-electron chi connectivity index (χ3n) is 3.13. The van der Waals surface area contributed by atoms with Gasteiger partial charge in [0.25, 0.3) is 0 Å². The van der Waals surface area contributed by atoms with Crippen LogP contribution in [0.2, 0.25) is 0 Å². The van der Waals surface area contributed by atoms with Gasteiger partial charge >= 0.3 is 12.4 Å². The van der Waals surface area contributed by atoms with Crippen molar-refractivity contribution >= 4 is 21.6 Å². The fraction of sp³-hybridized carbons (Fsp3) is 0.250. The van der Waals surface area contributed by atoms with Crippen LogP contribution in [0.25, 0.3) is 0 Å². The molecule has 0 amide bonds. The van der Waals surface area contributed by atoms with Gasteiger partial charge < -0.3 is 0 Å². The Bertz CT molecular complexity index is 702. The van der Waals surface area contributed by atoms with Gasteiger partial charge in [0.15, 0.2) is 0 Å². The normalized spacial score (nSPS) is 12.5. The third kappa shape index (κ3) is 6.08. The summed E-state index contributed by atoms with van der Waals surface area (Å²) in [4.78, 5) is -0.177. The molecule has 0 aromatic heterocycles. The van der Waals surface area contributed by atoms with E-state index in [-0.39, 0.29) is 9.79 Å². The van der Waals surface area contributed by atoms with E-state index in [0.29, 0.717) is 21.6 Å². The fourth-order valence-electron chi connectivity index (χ4n) is 2.07. The van der Waals surface area contributed by atoms with Gasteiger partial charge in [0.1, 0.15) is 11.6 Å². The van der Waals surface area contributed by atoms with E-state index in [4.69, 9.17) is 0 Å². The van der Waals surface area contributed by atoms with Crippen LogP contribution in [0.1, 0.15) is 11.1 Å². The van der Waals surface area contributed by atoms with Crippen LogP contribution in [0.4, 0.5) is 35.1 Å². The predicted octanol–water partition coefficient (Wildman–Crippen LogP) is 6.97. The van der Waals surface area contributed by atoms with Crippen LogP contribution < -0.4 is 0 Å². The Hall–Kier alpha value is -1.42. The summed E-state index contributed by atoms with van der Waals surface area (Å²) < 4.78 is 103. The molecule has 2 aromatic rings. The summed E-state index contributed by atoms with van der Waals surface area (Å²) >= 11 is 0. The zero-order valence-corrected chi connectivity index (χ0v) is 14.4. The lowest BCUT2D eigenvalue weighted by atomic mass is 10.1. The van der Waals surface area contributed by atoms with Crippen molar-refractivity contribution in [2.45, 2.75) is 35.0 Å². The zero-order valence-electron chi connectivity index (χ0n) is 12.7. The van der Waals surface area contributed by atoms with Crippen molar-refractivity contribution in [3.8, 4) is 0 Å². The van der Waals surface area contributed by atoms with Crippen LogP contribution in [0.15, 0.2) is 46.2 Å². The molecule has 142 valence electrons. The minimum Gasteiger partial charge on any atom is -0.207 e. The molecule has 0 fully saturated rings. The molecule has 0 radical (unpaired) electrons. The molecule has 0 bridgehead atoms. The summed E-state index contributed by atoms with van der Waals surface area (Å²) in [5.74, 6) is -2.13. The molecule has 0 N–H and O–H groups in total. The van der Waals surface area contributed by atoms with Crippen molar-refractivity contribution in [2.24, 2.45) is 0 Å². The Morgan fingerprint density at radius 1 is 0.615 bits per heavy atom. The lowest BCUT2D eigenvalue weighted by Gasteiger charge is -2.14. The van der Waals surface area contributed by atoms with Gasteiger partial charge in [-0.3, -0.25) is 0 Å². The van der Waals surface area contributed by atoms with Crippen molar-refractivity contribution < 1.29 is 35.1 Å². The highest BCUT2D eigenvalue weighted by Crippen LogP contribution is 2.43. The maximum Gasteiger partial charge on any atom is 0.393 e. The molecule has 0 aliphatic carbocycles. The zero-order chi connectivity index (χ0) is 19.5. The minimum atomic E-state index is -4.65. The summed E-state index contributed by atoms with van der Waals surface area (Å²) in [5, 5.41) is 0. The smallest absolute Gasteiger partial charge is 0.207 e. The average molecular weight is 418 g/mol. The standard InChI is InChI=1S/C16H10F8S2/c17-11-3-1-5-13(9(11)7-15(19,20)21)25-26-14-6-2-4-12(18)10(14)8-16(22,23)24/h1-6H,7-8H2. The number of hydrogen-bond acceptors (Lipinski definition) is 2. The highest BCUT2D eigenvalue weighted by atomic mass is 33.1. The molecule has 0 aliphatic heterocycles. The molecule has 2 rings (SSSR count). The largest absolute Gasteiger partial charge is 0.393 e. The van der Waals surface area contributed by atoms with E-state index < -0.39 is 48.0 Å². The second kappa shape index (κ2) is 8.08. The molecule has 0 saturated carbocycles. The van der Waals surface area contributed by atoms with E-state index in [9.17, 15) is 35.1 Å². The number of rotatable bonds is 5. The Morgan fingerprint density at radius 3 is 1.27 bits per heavy atom. The topological polar surface area (TPSA) is 0 Å². The van der Waals surface area contributed by atoms with E-state index in [1.54, 1.807) is 0 Å². The van der Waals surface area contributed by atoms with Gasteiger partial charge in [-0.2, -0.15) is 26.3 Å². The number of hydrogen-bond donors (Lipinski definition) is 0. The van der Waals surface area contributed by atoms with E-state index in [0.717, 1.165) is 12.1 Å². The second-order valence-electron chi connectivity index (χ2n) is 5.18. The SMILES string of the molecule is Fc1cccc(SSc2cccc(F)c2CC(F)(F)F)c1CC(F)(F)F. The Labute approximate surface area is 151 Å². The summed E-state index contributed by atoms with van der Waals surface area (Å²) in [6.07, 6.45) is -12.3. The molecule has 0 heterocycles. The summed E-state index contributed by atoms with van der Waals surface area (Å²) in [5.41, 5.74) is -1.21. The first kappa shape index (κ1) is 20.9. The molecule has 0 aliphatic rings. The van der Waals surface area contributed by atoms with Gasteiger partial charge in [-0.25, -0.2) is 8.78 Å². The Morgan fingerprint density at radius 2 is 0.962 bits per heavy atom. The van der Waals surface area contributed by atoms with Crippen LogP contribution in [0.3, 0.4) is 0 Å². The average Bonchev–Trinajstić information content (AvgIpc) is 2.48. The first-order chi connectivity index (χ1) is 12.0. The maximum absolute atomic E-state index is 13.7. The van der Waals surface area contributed by atoms with E-state index in [1.165, 1.54) is 24.3 Å². The van der Waals surface area contributed by atoms with Crippen LogP contribution in [-0.4, -0.2) is 12.4 Å². The van der Waals surface area contributed by atoms with Crippen molar-refractivity contribution in [3.05, 3.63) is 59.2 Å². The molecule has 2 aromatic carbocycles. The molecule has 0 spiro atoms. The van der Waals surface area contributed by atoms with Crippen molar-refractivity contribution in [1.29, 1.82) is 0 Å². The van der Waals surface area contributed by atoms with Gasteiger partial charge in [-0.1, -0.05) is 33.7 Å². The highest BCUT2D eigenvalue weighted by Gasteiger charge is 2.32. The molecule has 10 heteroatoms. The molecular formula is C16H10F8S2. The molecule has 0 atom stereocenters. The monoisotopic (exact) mass is 418 g/mol. The van der Waals surface area contributed by atoms with Gasteiger partial charge in [0, 0.05) is 20.9 Å². The maximum atomic E-state index is 13.7. The molecule has 26 heavy (non-hydrogen) atoms. The molecule has 0 nitrogen and oxygen atoms in total. The quantitative estimate of drug-likeness (QED) is 0.380. The van der Waals surface area contributed by atoms with E-state index >= 15 is 0 Å². The van der Waals surface area contributed by atoms with Crippen LogP contribution >= 0.6 is 21.6 Å².